The third-order valence-corrected chi connectivity index (χ3v) is 6.06. The van der Waals surface area contributed by atoms with Crippen LogP contribution in [0.3, 0.4) is 0 Å². The summed E-state index contributed by atoms with van der Waals surface area (Å²) in [5.74, 6) is 1.09. The van der Waals surface area contributed by atoms with Crippen LogP contribution >= 0.6 is 0 Å². The fraction of sp³-hybridized carbons (Fsp3) is 1.00. The third-order valence-electron chi connectivity index (χ3n) is 4.24. The van der Waals surface area contributed by atoms with Crippen LogP contribution in [0, 0.1) is 11.8 Å². The van der Waals surface area contributed by atoms with Crippen molar-refractivity contribution in [1.29, 1.82) is 0 Å². The van der Waals surface area contributed by atoms with Gasteiger partial charge in [-0.15, -0.1) is 0 Å². The second kappa shape index (κ2) is 6.08. The number of sulfonamides is 1. The van der Waals surface area contributed by atoms with Gasteiger partial charge >= 0.3 is 0 Å². The van der Waals surface area contributed by atoms with E-state index < -0.39 is 10.0 Å². The van der Waals surface area contributed by atoms with Gasteiger partial charge in [-0.2, -0.15) is 4.31 Å². The first-order chi connectivity index (χ1) is 8.95. The fourth-order valence-corrected chi connectivity index (χ4v) is 4.99. The Morgan fingerprint density at radius 3 is 2.74 bits per heavy atom. The van der Waals surface area contributed by atoms with Gasteiger partial charge in [0, 0.05) is 12.6 Å². The normalized spacial score (nSPS) is 32.1. The van der Waals surface area contributed by atoms with E-state index in [1.165, 1.54) is 0 Å². The van der Waals surface area contributed by atoms with Gasteiger partial charge < -0.3 is 10.1 Å². The molecule has 0 aromatic rings. The molecule has 0 aromatic carbocycles. The lowest BCUT2D eigenvalue weighted by Crippen LogP contribution is -2.41. The maximum Gasteiger partial charge on any atom is 0.216 e. The van der Waals surface area contributed by atoms with Gasteiger partial charge in [0.15, 0.2) is 0 Å². The van der Waals surface area contributed by atoms with E-state index in [0.717, 1.165) is 19.5 Å². The predicted octanol–water partition coefficient (Wildman–Crippen LogP) is 0.671. The minimum atomic E-state index is -3.18. The number of ether oxygens (including phenoxy) is 1. The Morgan fingerprint density at radius 2 is 2.11 bits per heavy atom. The zero-order valence-corrected chi connectivity index (χ0v) is 12.9. The second-order valence-electron chi connectivity index (χ2n) is 5.86. The quantitative estimate of drug-likeness (QED) is 0.781. The van der Waals surface area contributed by atoms with Crippen molar-refractivity contribution in [3.05, 3.63) is 0 Å². The van der Waals surface area contributed by atoms with Crippen molar-refractivity contribution >= 4 is 10.0 Å². The molecule has 0 bridgehead atoms. The molecule has 2 saturated heterocycles. The number of fused-ring (bicyclic) bond motifs is 1. The number of nitrogens with one attached hydrogen (secondary N) is 1. The molecule has 112 valence electrons. The molecule has 2 fully saturated rings. The van der Waals surface area contributed by atoms with E-state index in [9.17, 15) is 8.42 Å². The Bertz CT molecular complexity index is 397. The molecule has 0 amide bonds. The summed E-state index contributed by atoms with van der Waals surface area (Å²) in [5, 5.41) is 3.37. The Balaban J connectivity index is 1.99. The molecule has 5 nitrogen and oxygen atoms in total. The number of hydrogen-bond acceptors (Lipinski definition) is 4. The molecule has 0 aliphatic carbocycles. The summed E-state index contributed by atoms with van der Waals surface area (Å²) in [6.07, 6.45) is 0.979. The SMILES string of the molecule is CCC1C2CNCC2CN1S(=O)(=O)CCOC(C)C. The highest BCUT2D eigenvalue weighted by molar-refractivity contribution is 7.89. The van der Waals surface area contributed by atoms with Crippen LogP contribution in [0.15, 0.2) is 0 Å². The van der Waals surface area contributed by atoms with E-state index in [1.807, 2.05) is 13.8 Å². The van der Waals surface area contributed by atoms with Gasteiger partial charge in [-0.3, -0.25) is 0 Å². The lowest BCUT2D eigenvalue weighted by molar-refractivity contribution is 0.0905. The zero-order chi connectivity index (χ0) is 14.0. The van der Waals surface area contributed by atoms with Gasteiger partial charge in [0.05, 0.1) is 18.5 Å². The van der Waals surface area contributed by atoms with Crippen LogP contribution in [0.5, 0.6) is 0 Å². The summed E-state index contributed by atoms with van der Waals surface area (Å²) in [7, 11) is -3.18. The number of nitrogens with zero attached hydrogens (tertiary/aromatic N) is 1. The summed E-state index contributed by atoms with van der Waals surface area (Å²) >= 11 is 0. The molecule has 2 aliphatic rings. The molecule has 0 aromatic heterocycles. The van der Waals surface area contributed by atoms with E-state index in [1.54, 1.807) is 4.31 Å². The molecule has 2 heterocycles. The van der Waals surface area contributed by atoms with Gasteiger partial charge in [0.2, 0.25) is 10.0 Å². The van der Waals surface area contributed by atoms with Crippen LogP contribution in [0.1, 0.15) is 27.2 Å². The fourth-order valence-electron chi connectivity index (χ4n) is 3.32. The number of hydrogen-bond donors (Lipinski definition) is 1. The van der Waals surface area contributed by atoms with Crippen LogP contribution in [-0.4, -0.2) is 56.9 Å². The zero-order valence-electron chi connectivity index (χ0n) is 12.1. The molecule has 2 aliphatic heterocycles. The van der Waals surface area contributed by atoms with E-state index >= 15 is 0 Å². The lowest BCUT2D eigenvalue weighted by Gasteiger charge is -2.26. The third kappa shape index (κ3) is 3.29. The molecule has 19 heavy (non-hydrogen) atoms. The van der Waals surface area contributed by atoms with Crippen molar-refractivity contribution < 1.29 is 13.2 Å². The summed E-state index contributed by atoms with van der Waals surface area (Å²) in [5.41, 5.74) is 0. The highest BCUT2D eigenvalue weighted by Gasteiger charge is 2.47. The van der Waals surface area contributed by atoms with E-state index in [0.29, 0.717) is 25.0 Å². The minimum Gasteiger partial charge on any atom is -0.378 e. The van der Waals surface area contributed by atoms with Crippen molar-refractivity contribution in [1.82, 2.24) is 9.62 Å². The van der Waals surface area contributed by atoms with Crippen molar-refractivity contribution in [3.63, 3.8) is 0 Å². The summed E-state index contributed by atoms with van der Waals surface area (Å²) in [4.78, 5) is 0. The predicted molar refractivity (Wildman–Crippen MR) is 75.5 cm³/mol. The first kappa shape index (κ1) is 15.2. The molecule has 0 radical (unpaired) electrons. The Hall–Kier alpha value is -0.170. The first-order valence-corrected chi connectivity index (χ1v) is 8.88. The maximum atomic E-state index is 12.4. The lowest BCUT2D eigenvalue weighted by atomic mass is 9.93. The maximum absolute atomic E-state index is 12.4. The molecular weight excluding hydrogens is 264 g/mol. The summed E-state index contributed by atoms with van der Waals surface area (Å²) < 4.78 is 32.0. The van der Waals surface area contributed by atoms with E-state index in [4.69, 9.17) is 4.74 Å². The van der Waals surface area contributed by atoms with Gasteiger partial charge in [-0.1, -0.05) is 6.92 Å². The standard InChI is InChI=1S/C13H26N2O3S/c1-4-13-12-8-14-7-11(12)9-15(13)19(16,17)6-5-18-10(2)3/h10-14H,4-9H2,1-3H3. The minimum absolute atomic E-state index is 0.0827. The summed E-state index contributed by atoms with van der Waals surface area (Å²) in [6.45, 7) is 8.81. The molecular formula is C13H26N2O3S. The van der Waals surface area contributed by atoms with Gasteiger partial charge in [0.1, 0.15) is 0 Å². The van der Waals surface area contributed by atoms with Crippen molar-refractivity contribution in [3.8, 4) is 0 Å². The highest BCUT2D eigenvalue weighted by Crippen LogP contribution is 2.36. The van der Waals surface area contributed by atoms with Crippen LogP contribution in [-0.2, 0) is 14.8 Å². The molecule has 6 heteroatoms. The largest absolute Gasteiger partial charge is 0.378 e. The first-order valence-electron chi connectivity index (χ1n) is 7.27. The monoisotopic (exact) mass is 290 g/mol. The highest BCUT2D eigenvalue weighted by atomic mass is 32.2. The summed E-state index contributed by atoms with van der Waals surface area (Å²) in [6, 6.07) is 0.170. The molecule has 0 saturated carbocycles. The van der Waals surface area contributed by atoms with Crippen molar-refractivity contribution in [2.24, 2.45) is 11.8 Å². The molecule has 2 rings (SSSR count). The Kier molecular flexibility index (Phi) is 4.87. The average Bonchev–Trinajstić information content (AvgIpc) is 2.87. The Labute approximate surface area is 116 Å². The molecule has 1 N–H and O–H groups in total. The molecule has 3 unspecified atom stereocenters. The number of rotatable bonds is 6. The average molecular weight is 290 g/mol. The van der Waals surface area contributed by atoms with E-state index in [2.05, 4.69) is 12.2 Å². The van der Waals surface area contributed by atoms with Gasteiger partial charge in [-0.05, 0) is 45.2 Å². The van der Waals surface area contributed by atoms with E-state index in [-0.39, 0.29) is 17.9 Å². The van der Waals surface area contributed by atoms with Crippen LogP contribution in [0.4, 0.5) is 0 Å². The van der Waals surface area contributed by atoms with Crippen molar-refractivity contribution in [2.45, 2.75) is 39.3 Å². The van der Waals surface area contributed by atoms with Gasteiger partial charge in [0.25, 0.3) is 0 Å². The Morgan fingerprint density at radius 1 is 1.37 bits per heavy atom. The molecule has 0 spiro atoms. The smallest absolute Gasteiger partial charge is 0.216 e. The van der Waals surface area contributed by atoms with Crippen molar-refractivity contribution in [2.75, 3.05) is 32.0 Å². The van der Waals surface area contributed by atoms with Crippen LogP contribution in [0.2, 0.25) is 0 Å². The molecule has 3 atom stereocenters. The van der Waals surface area contributed by atoms with Crippen LogP contribution < -0.4 is 5.32 Å². The topological polar surface area (TPSA) is 58.6 Å². The second-order valence-corrected chi connectivity index (χ2v) is 7.90. The van der Waals surface area contributed by atoms with Crippen LogP contribution in [0.25, 0.3) is 0 Å². The van der Waals surface area contributed by atoms with Gasteiger partial charge in [-0.25, -0.2) is 8.42 Å².